The van der Waals surface area contributed by atoms with Gasteiger partial charge in [0.25, 0.3) is 5.97 Å². The van der Waals surface area contributed by atoms with Crippen LogP contribution in [-0.4, -0.2) is 25.7 Å². The third kappa shape index (κ3) is 8.23. The maximum absolute atomic E-state index is 10.9. The molecule has 0 atom stereocenters. The lowest BCUT2D eigenvalue weighted by Gasteiger charge is -2.07. The summed E-state index contributed by atoms with van der Waals surface area (Å²) in [4.78, 5) is 9.00. The maximum atomic E-state index is 10.9. The Morgan fingerprint density at radius 3 is 2.29 bits per heavy atom. The number of anilines is 1. The summed E-state index contributed by atoms with van der Waals surface area (Å²) in [7, 11) is -3.22. The fourth-order valence-corrected chi connectivity index (χ4v) is 1.60. The van der Waals surface area contributed by atoms with Crippen molar-refractivity contribution in [1.82, 2.24) is 0 Å². The van der Waals surface area contributed by atoms with E-state index in [1.165, 1.54) is 0 Å². The number of nitrogens with two attached hydrogens (primary N) is 1. The van der Waals surface area contributed by atoms with Crippen LogP contribution >= 0.6 is 0 Å². The number of aliphatic carboxylic acids is 1. The summed E-state index contributed by atoms with van der Waals surface area (Å²) in [6, 6.07) is 7.04. The number of hydrogen-bond donors (Lipinski definition) is 3. The standard InChI is InChI=1S/C8H12N2O2S.C2H4O2/c1-13(11,12)10-8-5-3-2-4-7(8)6-9;1-2(3)4/h2-5,10H,6,9H2,1H3;1H3,(H,3,4). The van der Waals surface area contributed by atoms with Crippen molar-refractivity contribution >= 4 is 21.7 Å². The summed E-state index contributed by atoms with van der Waals surface area (Å²) in [5.74, 6) is -0.833. The Hall–Kier alpha value is -1.60. The van der Waals surface area contributed by atoms with Gasteiger partial charge in [-0.2, -0.15) is 0 Å². The van der Waals surface area contributed by atoms with Crippen molar-refractivity contribution in [2.45, 2.75) is 13.5 Å². The molecule has 0 saturated heterocycles. The van der Waals surface area contributed by atoms with Gasteiger partial charge in [0.15, 0.2) is 0 Å². The van der Waals surface area contributed by atoms with E-state index in [4.69, 9.17) is 15.6 Å². The molecular weight excluding hydrogens is 244 g/mol. The first-order chi connectivity index (χ1) is 7.76. The number of carboxylic acid groups (broad SMARTS) is 1. The van der Waals surface area contributed by atoms with E-state index >= 15 is 0 Å². The Bertz CT molecular complexity index is 467. The molecule has 4 N–H and O–H groups in total. The number of nitrogens with one attached hydrogen (secondary N) is 1. The van der Waals surface area contributed by atoms with Gasteiger partial charge in [-0.3, -0.25) is 9.52 Å². The van der Waals surface area contributed by atoms with Gasteiger partial charge in [-0.05, 0) is 11.6 Å². The highest BCUT2D eigenvalue weighted by atomic mass is 32.2. The molecule has 0 heterocycles. The molecule has 0 radical (unpaired) electrons. The summed E-state index contributed by atoms with van der Waals surface area (Å²) >= 11 is 0. The first-order valence-corrected chi connectivity index (χ1v) is 6.60. The van der Waals surface area contributed by atoms with E-state index in [0.717, 1.165) is 18.7 Å². The van der Waals surface area contributed by atoms with Crippen LogP contribution in [-0.2, 0) is 21.4 Å². The van der Waals surface area contributed by atoms with Gasteiger partial charge < -0.3 is 10.8 Å². The van der Waals surface area contributed by atoms with Gasteiger partial charge in [0.1, 0.15) is 0 Å². The van der Waals surface area contributed by atoms with E-state index in [9.17, 15) is 8.42 Å². The number of carboxylic acids is 1. The van der Waals surface area contributed by atoms with Crippen molar-refractivity contribution in [3.63, 3.8) is 0 Å². The molecule has 0 bridgehead atoms. The van der Waals surface area contributed by atoms with Crippen molar-refractivity contribution < 1.29 is 18.3 Å². The van der Waals surface area contributed by atoms with Crippen molar-refractivity contribution in [2.75, 3.05) is 11.0 Å². The van der Waals surface area contributed by atoms with E-state index in [-0.39, 0.29) is 0 Å². The zero-order valence-corrected chi connectivity index (χ0v) is 10.5. The molecule has 0 fully saturated rings. The van der Waals surface area contributed by atoms with E-state index < -0.39 is 16.0 Å². The summed E-state index contributed by atoms with van der Waals surface area (Å²) in [5, 5.41) is 7.42. The van der Waals surface area contributed by atoms with Crippen molar-refractivity contribution in [1.29, 1.82) is 0 Å². The van der Waals surface area contributed by atoms with E-state index in [1.54, 1.807) is 18.2 Å². The van der Waals surface area contributed by atoms with Crippen molar-refractivity contribution in [3.8, 4) is 0 Å². The van der Waals surface area contributed by atoms with Crippen molar-refractivity contribution in [3.05, 3.63) is 29.8 Å². The van der Waals surface area contributed by atoms with Crippen LogP contribution in [0.2, 0.25) is 0 Å². The van der Waals surface area contributed by atoms with E-state index in [2.05, 4.69) is 4.72 Å². The van der Waals surface area contributed by atoms with Gasteiger partial charge in [0, 0.05) is 13.5 Å². The molecule has 7 heteroatoms. The van der Waals surface area contributed by atoms with Crippen LogP contribution in [0.25, 0.3) is 0 Å². The number of para-hydroxylation sites is 1. The number of hydrogen-bond acceptors (Lipinski definition) is 4. The highest BCUT2D eigenvalue weighted by molar-refractivity contribution is 7.92. The number of sulfonamides is 1. The normalized spacial score (nSPS) is 10.1. The van der Waals surface area contributed by atoms with Crippen LogP contribution in [0.15, 0.2) is 24.3 Å². The lowest BCUT2D eigenvalue weighted by atomic mass is 10.2. The number of carbonyl (C=O) groups is 1. The second kappa shape index (κ2) is 6.87. The lowest BCUT2D eigenvalue weighted by molar-refractivity contribution is -0.134. The zero-order chi connectivity index (χ0) is 13.5. The topological polar surface area (TPSA) is 109 Å². The van der Waals surface area contributed by atoms with Crippen LogP contribution < -0.4 is 10.5 Å². The van der Waals surface area contributed by atoms with Crippen molar-refractivity contribution in [2.24, 2.45) is 5.73 Å². The molecule has 6 nitrogen and oxygen atoms in total. The highest BCUT2D eigenvalue weighted by Crippen LogP contribution is 2.14. The minimum absolute atomic E-state index is 0.318. The van der Waals surface area contributed by atoms with Gasteiger partial charge >= 0.3 is 0 Å². The van der Waals surface area contributed by atoms with Gasteiger partial charge in [-0.15, -0.1) is 0 Å². The van der Waals surface area contributed by atoms with Crippen LogP contribution in [0.5, 0.6) is 0 Å². The van der Waals surface area contributed by atoms with Crippen LogP contribution in [0, 0.1) is 0 Å². The summed E-state index contributed by atoms with van der Waals surface area (Å²) < 4.78 is 24.2. The predicted molar refractivity (Wildman–Crippen MR) is 66.1 cm³/mol. The fourth-order valence-electron chi connectivity index (χ4n) is 0.998. The zero-order valence-electron chi connectivity index (χ0n) is 9.67. The van der Waals surface area contributed by atoms with Gasteiger partial charge in [-0.1, -0.05) is 18.2 Å². The molecule has 0 aromatic heterocycles. The second-order valence-corrected chi connectivity index (χ2v) is 5.00. The molecule has 0 saturated carbocycles. The molecule has 96 valence electrons. The summed E-state index contributed by atoms with van der Waals surface area (Å²) in [6.07, 6.45) is 1.11. The minimum atomic E-state index is -3.22. The first kappa shape index (κ1) is 15.4. The predicted octanol–water partition coefficient (Wildman–Crippen LogP) is 0.608. The van der Waals surface area contributed by atoms with Gasteiger partial charge in [-0.25, -0.2) is 8.42 Å². The molecule has 1 aromatic carbocycles. The Kier molecular flexibility index (Phi) is 6.22. The number of rotatable bonds is 3. The quantitative estimate of drug-likeness (QED) is 0.737. The fraction of sp³-hybridized carbons (Fsp3) is 0.300. The molecule has 0 aliphatic carbocycles. The number of benzene rings is 1. The second-order valence-electron chi connectivity index (χ2n) is 3.25. The SMILES string of the molecule is CC(=O)O.CS(=O)(=O)Nc1ccccc1CN. The monoisotopic (exact) mass is 260 g/mol. The highest BCUT2D eigenvalue weighted by Gasteiger charge is 2.04. The van der Waals surface area contributed by atoms with Crippen LogP contribution in [0.3, 0.4) is 0 Å². The largest absolute Gasteiger partial charge is 0.481 e. The summed E-state index contributed by atoms with van der Waals surface area (Å²) in [5.41, 5.74) is 6.77. The smallest absolute Gasteiger partial charge is 0.300 e. The average Bonchev–Trinajstić information content (AvgIpc) is 2.15. The van der Waals surface area contributed by atoms with Gasteiger partial charge in [0.05, 0.1) is 11.9 Å². The first-order valence-electron chi connectivity index (χ1n) is 4.71. The van der Waals surface area contributed by atoms with E-state index in [0.29, 0.717) is 12.2 Å². The molecule has 1 rings (SSSR count). The Morgan fingerprint density at radius 1 is 1.41 bits per heavy atom. The molecule has 0 spiro atoms. The van der Waals surface area contributed by atoms with Crippen LogP contribution in [0.1, 0.15) is 12.5 Å². The Balaban J connectivity index is 0.000000557. The molecule has 0 amide bonds. The molecule has 0 unspecified atom stereocenters. The maximum Gasteiger partial charge on any atom is 0.300 e. The molecule has 1 aromatic rings. The minimum Gasteiger partial charge on any atom is -0.481 e. The third-order valence-electron chi connectivity index (χ3n) is 1.53. The Labute approximate surface area is 101 Å². The lowest BCUT2D eigenvalue weighted by Crippen LogP contribution is -2.12. The van der Waals surface area contributed by atoms with E-state index in [1.807, 2.05) is 6.07 Å². The van der Waals surface area contributed by atoms with Gasteiger partial charge in [0.2, 0.25) is 10.0 Å². The summed E-state index contributed by atoms with van der Waals surface area (Å²) in [6.45, 7) is 1.40. The van der Waals surface area contributed by atoms with Crippen LogP contribution in [0.4, 0.5) is 5.69 Å². The molecule has 0 aliphatic rings. The molecular formula is C10H16N2O4S. The average molecular weight is 260 g/mol. The third-order valence-corrected chi connectivity index (χ3v) is 2.12. The molecule has 0 aliphatic heterocycles. The molecule has 17 heavy (non-hydrogen) atoms. The Morgan fingerprint density at radius 2 is 1.88 bits per heavy atom.